The van der Waals surface area contributed by atoms with Crippen LogP contribution in [-0.4, -0.2) is 84.3 Å². The number of hydrogen-bond donors (Lipinski definition) is 1. The van der Waals surface area contributed by atoms with Crippen molar-refractivity contribution in [3.05, 3.63) is 0 Å². The number of unbranched alkanes of at least 4 members (excludes halogenated alkanes) is 2. The molecule has 2 bridgehead atoms. The number of rotatable bonds is 6. The lowest BCUT2D eigenvalue weighted by molar-refractivity contribution is 0.0394. The van der Waals surface area contributed by atoms with E-state index in [-0.39, 0.29) is 0 Å². The normalized spacial score (nSPS) is 35.4. The summed E-state index contributed by atoms with van der Waals surface area (Å²) >= 11 is 0. The Morgan fingerprint density at radius 3 is 2.14 bits per heavy atom. The Morgan fingerprint density at radius 1 is 0.857 bits per heavy atom. The fourth-order valence-electron chi connectivity index (χ4n) is 4.66. The van der Waals surface area contributed by atoms with Crippen LogP contribution in [0.25, 0.3) is 0 Å². The molecule has 4 heteroatoms. The van der Waals surface area contributed by atoms with Gasteiger partial charge in [-0.1, -0.05) is 0 Å². The molecule has 0 amide bonds. The Hall–Kier alpha value is -0.160. The van der Waals surface area contributed by atoms with E-state index in [1.54, 1.807) is 0 Å². The standard InChI is InChI=1S/C17H33N3O/c1-18-15-5-6-16(18)14-17(13-15)20-10-8-19(9-11-20)7-3-2-4-12-21/h15-17,21H,2-14H2,1H3. The molecule has 3 aliphatic heterocycles. The molecular weight excluding hydrogens is 262 g/mol. The molecule has 3 saturated heterocycles. The van der Waals surface area contributed by atoms with Gasteiger partial charge in [-0.15, -0.1) is 0 Å². The van der Waals surface area contributed by atoms with Gasteiger partial charge in [-0.25, -0.2) is 0 Å². The smallest absolute Gasteiger partial charge is 0.0431 e. The van der Waals surface area contributed by atoms with Crippen molar-refractivity contribution in [2.75, 3.05) is 46.4 Å². The van der Waals surface area contributed by atoms with E-state index in [1.807, 2.05) is 0 Å². The van der Waals surface area contributed by atoms with Gasteiger partial charge in [0.1, 0.15) is 0 Å². The highest BCUT2D eigenvalue weighted by atomic mass is 16.2. The zero-order chi connectivity index (χ0) is 14.7. The molecular formula is C17H33N3O. The molecule has 2 atom stereocenters. The maximum atomic E-state index is 8.83. The fraction of sp³-hybridized carbons (Fsp3) is 1.00. The van der Waals surface area contributed by atoms with Gasteiger partial charge in [-0.2, -0.15) is 0 Å². The molecule has 3 aliphatic rings. The van der Waals surface area contributed by atoms with Gasteiger partial charge in [-0.05, 0) is 58.5 Å². The molecule has 0 saturated carbocycles. The number of fused-ring (bicyclic) bond motifs is 2. The predicted octanol–water partition coefficient (Wildman–Crippen LogP) is 1.39. The largest absolute Gasteiger partial charge is 0.396 e. The average molecular weight is 295 g/mol. The first-order chi connectivity index (χ1) is 10.3. The van der Waals surface area contributed by atoms with Crippen LogP contribution in [-0.2, 0) is 0 Å². The highest BCUT2D eigenvalue weighted by molar-refractivity contribution is 4.97. The minimum atomic E-state index is 0.353. The lowest BCUT2D eigenvalue weighted by Gasteiger charge is -2.45. The first-order valence-corrected chi connectivity index (χ1v) is 9.07. The number of aliphatic hydroxyl groups is 1. The summed E-state index contributed by atoms with van der Waals surface area (Å²) in [6.45, 7) is 6.63. The van der Waals surface area contributed by atoms with Crippen molar-refractivity contribution in [2.45, 2.75) is 63.1 Å². The van der Waals surface area contributed by atoms with Crippen LogP contribution in [0.2, 0.25) is 0 Å². The molecule has 21 heavy (non-hydrogen) atoms. The van der Waals surface area contributed by atoms with Gasteiger partial charge in [0.05, 0.1) is 0 Å². The number of piperidine rings is 1. The van der Waals surface area contributed by atoms with Gasteiger partial charge in [-0.3, -0.25) is 4.90 Å². The molecule has 0 aromatic rings. The summed E-state index contributed by atoms with van der Waals surface area (Å²) in [7, 11) is 2.34. The summed E-state index contributed by atoms with van der Waals surface area (Å²) in [6.07, 6.45) is 9.07. The third-order valence-electron chi connectivity index (χ3n) is 6.13. The van der Waals surface area contributed by atoms with E-state index in [4.69, 9.17) is 5.11 Å². The van der Waals surface area contributed by atoms with Crippen molar-refractivity contribution >= 4 is 0 Å². The number of aliphatic hydroxyl groups excluding tert-OH is 1. The molecule has 3 rings (SSSR count). The maximum Gasteiger partial charge on any atom is 0.0431 e. The third-order valence-corrected chi connectivity index (χ3v) is 6.13. The summed E-state index contributed by atoms with van der Waals surface area (Å²) in [5.74, 6) is 0. The fourth-order valence-corrected chi connectivity index (χ4v) is 4.66. The van der Waals surface area contributed by atoms with Crippen LogP contribution >= 0.6 is 0 Å². The Balaban J connectivity index is 1.38. The van der Waals surface area contributed by atoms with Gasteiger partial charge in [0.25, 0.3) is 0 Å². The van der Waals surface area contributed by atoms with E-state index in [1.165, 1.54) is 71.2 Å². The van der Waals surface area contributed by atoms with Crippen molar-refractivity contribution in [1.82, 2.24) is 14.7 Å². The lowest BCUT2D eigenvalue weighted by Crippen LogP contribution is -2.55. The van der Waals surface area contributed by atoms with Gasteiger partial charge in [0, 0.05) is 50.9 Å². The minimum absolute atomic E-state index is 0.353. The van der Waals surface area contributed by atoms with Crippen molar-refractivity contribution in [2.24, 2.45) is 0 Å². The first kappa shape index (κ1) is 15.7. The van der Waals surface area contributed by atoms with Crippen LogP contribution in [0.4, 0.5) is 0 Å². The minimum Gasteiger partial charge on any atom is -0.396 e. The molecule has 4 nitrogen and oxygen atoms in total. The topological polar surface area (TPSA) is 30.0 Å². The second-order valence-corrected chi connectivity index (χ2v) is 7.34. The van der Waals surface area contributed by atoms with Crippen LogP contribution in [0.1, 0.15) is 44.9 Å². The van der Waals surface area contributed by atoms with E-state index in [9.17, 15) is 0 Å². The molecule has 0 aliphatic carbocycles. The Kier molecular flexibility index (Phi) is 5.54. The van der Waals surface area contributed by atoms with E-state index in [2.05, 4.69) is 21.7 Å². The Morgan fingerprint density at radius 2 is 1.52 bits per heavy atom. The monoisotopic (exact) mass is 295 g/mol. The Bertz CT molecular complexity index is 303. The van der Waals surface area contributed by atoms with Crippen molar-refractivity contribution in [1.29, 1.82) is 0 Å². The summed E-state index contributed by atoms with van der Waals surface area (Å²) < 4.78 is 0. The van der Waals surface area contributed by atoms with Gasteiger partial charge < -0.3 is 14.9 Å². The molecule has 122 valence electrons. The predicted molar refractivity (Wildman–Crippen MR) is 86.5 cm³/mol. The molecule has 0 aromatic heterocycles. The summed E-state index contributed by atoms with van der Waals surface area (Å²) in [5, 5.41) is 8.83. The van der Waals surface area contributed by atoms with Crippen molar-refractivity contribution < 1.29 is 5.11 Å². The van der Waals surface area contributed by atoms with Crippen LogP contribution in [0.5, 0.6) is 0 Å². The van der Waals surface area contributed by atoms with E-state index < -0.39 is 0 Å². The molecule has 1 N–H and O–H groups in total. The summed E-state index contributed by atoms with van der Waals surface area (Å²) in [5.41, 5.74) is 0. The molecule has 3 heterocycles. The van der Waals surface area contributed by atoms with E-state index >= 15 is 0 Å². The lowest BCUT2D eigenvalue weighted by atomic mass is 9.96. The van der Waals surface area contributed by atoms with Crippen LogP contribution in [0, 0.1) is 0 Å². The maximum absolute atomic E-state index is 8.83. The summed E-state index contributed by atoms with van der Waals surface area (Å²) in [6, 6.07) is 2.59. The van der Waals surface area contributed by atoms with Gasteiger partial charge in [0.2, 0.25) is 0 Å². The first-order valence-electron chi connectivity index (χ1n) is 9.07. The van der Waals surface area contributed by atoms with E-state index in [0.29, 0.717) is 6.61 Å². The van der Waals surface area contributed by atoms with Crippen molar-refractivity contribution in [3.63, 3.8) is 0 Å². The van der Waals surface area contributed by atoms with Crippen LogP contribution in [0.15, 0.2) is 0 Å². The third kappa shape index (κ3) is 3.79. The SMILES string of the molecule is CN1C2CCC1CC(N1CCN(CCCCCO)CC1)C2. The van der Waals surface area contributed by atoms with Gasteiger partial charge >= 0.3 is 0 Å². The second kappa shape index (κ2) is 7.40. The molecule has 0 radical (unpaired) electrons. The average Bonchev–Trinajstić information content (AvgIpc) is 2.74. The summed E-state index contributed by atoms with van der Waals surface area (Å²) in [4.78, 5) is 8.05. The van der Waals surface area contributed by atoms with Crippen LogP contribution < -0.4 is 0 Å². The molecule has 0 spiro atoms. The highest BCUT2D eigenvalue weighted by Gasteiger charge is 2.40. The van der Waals surface area contributed by atoms with E-state index in [0.717, 1.165) is 24.5 Å². The molecule has 0 aromatic carbocycles. The zero-order valence-corrected chi connectivity index (χ0v) is 13.7. The van der Waals surface area contributed by atoms with Crippen LogP contribution in [0.3, 0.4) is 0 Å². The van der Waals surface area contributed by atoms with Crippen molar-refractivity contribution in [3.8, 4) is 0 Å². The molecule has 3 fully saturated rings. The number of nitrogens with zero attached hydrogens (tertiary/aromatic N) is 3. The highest BCUT2D eigenvalue weighted by Crippen LogP contribution is 2.36. The second-order valence-electron chi connectivity index (χ2n) is 7.34. The molecule has 2 unspecified atom stereocenters. The number of piperazine rings is 1. The Labute approximate surface area is 130 Å². The van der Waals surface area contributed by atoms with Gasteiger partial charge in [0.15, 0.2) is 0 Å². The zero-order valence-electron chi connectivity index (χ0n) is 13.7. The number of hydrogen-bond acceptors (Lipinski definition) is 4. The quantitative estimate of drug-likeness (QED) is 0.750.